The summed E-state index contributed by atoms with van der Waals surface area (Å²) in [6.45, 7) is 2.22. The Kier molecular flexibility index (Phi) is 48.9. The lowest BCUT2D eigenvalue weighted by Gasteiger charge is -1.66. The first kappa shape index (κ1) is 16.2. The molecule has 0 atom stereocenters. The van der Waals surface area contributed by atoms with Crippen LogP contribution >= 0.6 is 0 Å². The van der Waals surface area contributed by atoms with E-state index in [4.69, 9.17) is 0 Å². The highest BCUT2D eigenvalue weighted by Crippen LogP contribution is 1.73. The molecule has 0 heterocycles. The Morgan fingerprint density at radius 1 is 1.33 bits per heavy atom. The fourth-order valence-corrected chi connectivity index (χ4v) is 0. The standard InChI is InChI=1S/C3H7.Al.2FH.2H/c1-3-2;;;;;/h1,3H2,2H3;;2*1H;;. The average molecular weight is 112 g/mol. The van der Waals surface area contributed by atoms with E-state index < -0.39 is 0 Å². The number of hydrogen-bond acceptors (Lipinski definition) is 0. The van der Waals surface area contributed by atoms with Gasteiger partial charge in [0.1, 0.15) is 0 Å². The number of halogens is 2. The van der Waals surface area contributed by atoms with Gasteiger partial charge in [-0.15, -0.1) is 5.28 Å². The molecule has 0 saturated carbocycles. The first-order chi connectivity index (χ1) is 1.91. The van der Waals surface area contributed by atoms with Crippen LogP contribution < -0.4 is 0 Å². The van der Waals surface area contributed by atoms with Gasteiger partial charge in [-0.3, -0.25) is 9.41 Å². The molecule has 0 aromatic carbocycles. The minimum atomic E-state index is 0. The lowest BCUT2D eigenvalue weighted by molar-refractivity contribution is 1.08. The fraction of sp³-hybridized carbons (Fsp3) is 1.00. The second kappa shape index (κ2) is 18.2. The third kappa shape index (κ3) is 26.1. The summed E-state index contributed by atoms with van der Waals surface area (Å²) >= 11 is 1.39. The van der Waals surface area contributed by atoms with Gasteiger partial charge in [0.2, 0.25) is 16.3 Å². The first-order valence-electron chi connectivity index (χ1n) is 1.91. The molecule has 0 radical (unpaired) electrons. The zero-order chi connectivity index (χ0) is 3.41. The molecule has 0 fully saturated rings. The van der Waals surface area contributed by atoms with Crippen LogP contribution in [0, 0.1) is 0 Å². The fourth-order valence-electron chi connectivity index (χ4n) is 0. The number of rotatable bonds is 1. The third-order valence-corrected chi connectivity index (χ3v) is 1.50. The second-order valence-corrected chi connectivity index (χ2v) is 2.00. The molecular weight excluding hydrogens is 101 g/mol. The van der Waals surface area contributed by atoms with Crippen molar-refractivity contribution in [1.82, 2.24) is 0 Å². The van der Waals surface area contributed by atoms with E-state index in [1.807, 2.05) is 0 Å². The monoisotopic (exact) mass is 112 g/mol. The van der Waals surface area contributed by atoms with Gasteiger partial charge >= 0.3 is 0 Å². The Labute approximate surface area is 45.1 Å². The molecule has 0 aromatic heterocycles. The lowest BCUT2D eigenvalue weighted by Crippen LogP contribution is -1.55. The van der Waals surface area contributed by atoms with Crippen LogP contribution in [0.3, 0.4) is 0 Å². The van der Waals surface area contributed by atoms with E-state index in [9.17, 15) is 0 Å². The second-order valence-electron chi connectivity index (χ2n) is 1.000. The SMILES string of the molecule is CC[CH2][AlH2].F.F. The Morgan fingerprint density at radius 3 is 1.50 bits per heavy atom. The molecule has 0 nitrogen and oxygen atoms in total. The summed E-state index contributed by atoms with van der Waals surface area (Å²) in [6.07, 6.45) is 1.38. The van der Waals surface area contributed by atoms with Gasteiger partial charge in [0.25, 0.3) is 0 Å². The van der Waals surface area contributed by atoms with Crippen LogP contribution in [0.1, 0.15) is 13.3 Å². The third-order valence-electron chi connectivity index (χ3n) is 0.500. The van der Waals surface area contributed by atoms with Gasteiger partial charge in [0.15, 0.2) is 0 Å². The maximum absolute atomic E-state index is 2.22. The van der Waals surface area contributed by atoms with Gasteiger partial charge in [-0.25, -0.2) is 0 Å². The van der Waals surface area contributed by atoms with E-state index in [-0.39, 0.29) is 9.41 Å². The minimum absolute atomic E-state index is 0. The summed E-state index contributed by atoms with van der Waals surface area (Å²) in [5, 5.41) is 1.46. The molecule has 0 rings (SSSR count). The summed E-state index contributed by atoms with van der Waals surface area (Å²) in [7, 11) is 0. The van der Waals surface area contributed by atoms with Crippen LogP contribution in [0.15, 0.2) is 0 Å². The summed E-state index contributed by atoms with van der Waals surface area (Å²) in [6, 6.07) is 0. The van der Waals surface area contributed by atoms with Gasteiger partial charge in [0, 0.05) is 0 Å². The van der Waals surface area contributed by atoms with Crippen molar-refractivity contribution >= 4 is 16.3 Å². The van der Waals surface area contributed by atoms with E-state index >= 15 is 0 Å². The van der Waals surface area contributed by atoms with Gasteiger partial charge < -0.3 is 0 Å². The minimum Gasteiger partial charge on any atom is -0.269 e. The van der Waals surface area contributed by atoms with Gasteiger partial charge in [-0.1, -0.05) is 13.3 Å². The topological polar surface area (TPSA) is 0 Å². The van der Waals surface area contributed by atoms with Crippen LogP contribution in [0.5, 0.6) is 0 Å². The molecule has 0 aliphatic carbocycles. The Morgan fingerprint density at radius 2 is 1.50 bits per heavy atom. The zero-order valence-corrected chi connectivity index (χ0v) is 6.23. The molecule has 0 aliphatic rings. The largest absolute Gasteiger partial charge is 0.269 e. The van der Waals surface area contributed by atoms with E-state index in [2.05, 4.69) is 6.92 Å². The van der Waals surface area contributed by atoms with E-state index in [0.29, 0.717) is 0 Å². The summed E-state index contributed by atoms with van der Waals surface area (Å²) in [5.74, 6) is 0. The van der Waals surface area contributed by atoms with Crippen molar-refractivity contribution in [2.45, 2.75) is 18.6 Å². The molecule has 0 bridgehead atoms. The zero-order valence-electron chi connectivity index (χ0n) is 4.23. The van der Waals surface area contributed by atoms with Crippen molar-refractivity contribution in [1.29, 1.82) is 0 Å². The lowest BCUT2D eigenvalue weighted by atomic mass is 10.6. The maximum Gasteiger partial charge on any atom is 0.211 e. The highest BCUT2D eigenvalue weighted by atomic mass is 27.0. The van der Waals surface area contributed by atoms with E-state index in [1.165, 1.54) is 28.0 Å². The van der Waals surface area contributed by atoms with Crippen molar-refractivity contribution < 1.29 is 9.41 Å². The van der Waals surface area contributed by atoms with Crippen molar-refractivity contribution in [2.75, 3.05) is 0 Å². The molecule has 0 saturated heterocycles. The normalized spacial score (nSPS) is 4.83. The van der Waals surface area contributed by atoms with E-state index in [0.717, 1.165) is 0 Å². The Hall–Kier alpha value is 0.392. The molecule has 0 aliphatic heterocycles. The van der Waals surface area contributed by atoms with Crippen LogP contribution in [0.25, 0.3) is 0 Å². The Balaban J connectivity index is -0.0000000450. The molecule has 0 aromatic rings. The molecule has 0 N–H and O–H groups in total. The smallest absolute Gasteiger partial charge is 0.211 e. The predicted octanol–water partition coefficient (Wildman–Crippen LogP) is 0.753. The summed E-state index contributed by atoms with van der Waals surface area (Å²) < 4.78 is 0. The highest BCUT2D eigenvalue weighted by Gasteiger charge is 1.58. The molecule has 3 heteroatoms. The van der Waals surface area contributed by atoms with Crippen molar-refractivity contribution in [3.05, 3.63) is 0 Å². The van der Waals surface area contributed by atoms with Crippen LogP contribution in [0.4, 0.5) is 9.41 Å². The highest BCUT2D eigenvalue weighted by molar-refractivity contribution is 6.08. The molecule has 0 amide bonds. The molecule has 0 unspecified atom stereocenters. The van der Waals surface area contributed by atoms with Crippen LogP contribution in [-0.2, 0) is 0 Å². The van der Waals surface area contributed by atoms with Crippen molar-refractivity contribution in [3.63, 3.8) is 0 Å². The van der Waals surface area contributed by atoms with Gasteiger partial charge in [0.05, 0.1) is 0 Å². The number of hydrogen-bond donors (Lipinski definition) is 0. The van der Waals surface area contributed by atoms with Gasteiger partial charge in [-0.05, 0) is 0 Å². The van der Waals surface area contributed by atoms with Crippen molar-refractivity contribution in [2.24, 2.45) is 0 Å². The van der Waals surface area contributed by atoms with Gasteiger partial charge in [-0.2, -0.15) is 0 Å². The van der Waals surface area contributed by atoms with Crippen LogP contribution in [-0.4, -0.2) is 16.3 Å². The molecule has 40 valence electrons. The average Bonchev–Trinajstić information content (AvgIpc) is 1.37. The van der Waals surface area contributed by atoms with Crippen LogP contribution in [0.2, 0.25) is 5.28 Å². The molecule has 6 heavy (non-hydrogen) atoms. The molecule has 0 spiro atoms. The predicted molar refractivity (Wildman–Crippen MR) is 28.6 cm³/mol. The van der Waals surface area contributed by atoms with E-state index in [1.54, 1.807) is 0 Å². The quantitative estimate of drug-likeness (QED) is 0.439. The summed E-state index contributed by atoms with van der Waals surface area (Å²) in [4.78, 5) is 0. The maximum atomic E-state index is 2.22. The first-order valence-corrected chi connectivity index (χ1v) is 3.33. The molecular formula is C3H11AlF2. The van der Waals surface area contributed by atoms with Crippen molar-refractivity contribution in [3.8, 4) is 0 Å². The summed E-state index contributed by atoms with van der Waals surface area (Å²) in [5.41, 5.74) is 0. The Bertz CT molecular complexity index is 10.8.